The van der Waals surface area contributed by atoms with Gasteiger partial charge in [-0.25, -0.2) is 4.39 Å². The molecule has 2 rings (SSSR count). The highest BCUT2D eigenvalue weighted by Gasteiger charge is 2.28. The van der Waals surface area contributed by atoms with E-state index in [1.807, 2.05) is 20.8 Å². The van der Waals surface area contributed by atoms with E-state index in [1.54, 1.807) is 0 Å². The number of hydrogen-bond acceptors (Lipinski definition) is 5. The number of benzene rings is 1. The lowest BCUT2D eigenvalue weighted by Crippen LogP contribution is -2.23. The maximum absolute atomic E-state index is 13.7. The van der Waals surface area contributed by atoms with Crippen LogP contribution in [0.3, 0.4) is 0 Å². The number of rotatable bonds is 4. The molecule has 0 bridgehead atoms. The quantitative estimate of drug-likeness (QED) is 0.860. The zero-order valence-electron chi connectivity index (χ0n) is 11.1. The zero-order chi connectivity index (χ0) is 14.0. The van der Waals surface area contributed by atoms with E-state index >= 15 is 0 Å². The molecule has 102 valence electrons. The second kappa shape index (κ2) is 4.97. The van der Waals surface area contributed by atoms with Crippen LogP contribution in [0.1, 0.15) is 26.6 Å². The maximum Gasteiger partial charge on any atom is 0.261 e. The van der Waals surface area contributed by atoms with Gasteiger partial charge in [-0.05, 0) is 39.0 Å². The van der Waals surface area contributed by atoms with Crippen molar-refractivity contribution in [2.75, 3.05) is 12.3 Å². The molecular weight excluding hydrogens is 249 g/mol. The molecule has 19 heavy (non-hydrogen) atoms. The predicted octanol–water partition coefficient (Wildman–Crippen LogP) is 2.73. The molecule has 1 heterocycles. The largest absolute Gasteiger partial charge is 0.399 e. The minimum atomic E-state index is -0.687. The lowest BCUT2D eigenvalue weighted by Gasteiger charge is -2.19. The SMILES string of the molecule is CCOC(C)(C)c1noc(-c2cc(N)ccc2F)n1. The van der Waals surface area contributed by atoms with Gasteiger partial charge in [0.15, 0.2) is 0 Å². The van der Waals surface area contributed by atoms with Gasteiger partial charge in [-0.2, -0.15) is 4.98 Å². The van der Waals surface area contributed by atoms with Gasteiger partial charge in [0.1, 0.15) is 11.4 Å². The highest BCUT2D eigenvalue weighted by Crippen LogP contribution is 2.27. The van der Waals surface area contributed by atoms with Gasteiger partial charge in [0.25, 0.3) is 5.89 Å². The van der Waals surface area contributed by atoms with E-state index in [-0.39, 0.29) is 11.5 Å². The third-order valence-electron chi connectivity index (χ3n) is 2.69. The molecule has 0 atom stereocenters. The minimum Gasteiger partial charge on any atom is -0.399 e. The van der Waals surface area contributed by atoms with E-state index in [0.29, 0.717) is 18.1 Å². The first-order valence-electron chi connectivity index (χ1n) is 5.97. The van der Waals surface area contributed by atoms with Crippen LogP contribution in [0.15, 0.2) is 22.7 Å². The molecule has 0 amide bonds. The van der Waals surface area contributed by atoms with Crippen molar-refractivity contribution in [1.82, 2.24) is 10.1 Å². The van der Waals surface area contributed by atoms with Crippen molar-refractivity contribution >= 4 is 5.69 Å². The average molecular weight is 265 g/mol. The molecule has 1 aromatic heterocycles. The van der Waals surface area contributed by atoms with Crippen LogP contribution >= 0.6 is 0 Å². The molecule has 0 saturated heterocycles. The molecule has 0 unspecified atom stereocenters. The second-order valence-electron chi connectivity index (χ2n) is 4.61. The average Bonchev–Trinajstić information content (AvgIpc) is 2.82. The van der Waals surface area contributed by atoms with Crippen LogP contribution < -0.4 is 5.73 Å². The fourth-order valence-corrected chi connectivity index (χ4v) is 1.71. The van der Waals surface area contributed by atoms with Crippen molar-refractivity contribution < 1.29 is 13.7 Å². The Kier molecular flexibility index (Phi) is 3.53. The normalized spacial score (nSPS) is 11.8. The van der Waals surface area contributed by atoms with Gasteiger partial charge in [0, 0.05) is 12.3 Å². The van der Waals surface area contributed by atoms with Gasteiger partial charge in [0.2, 0.25) is 5.82 Å². The number of nitrogens with zero attached hydrogens (tertiary/aromatic N) is 2. The number of aromatic nitrogens is 2. The third kappa shape index (κ3) is 2.73. The van der Waals surface area contributed by atoms with Gasteiger partial charge in [-0.15, -0.1) is 0 Å². The topological polar surface area (TPSA) is 74.2 Å². The van der Waals surface area contributed by atoms with Crippen molar-refractivity contribution in [3.63, 3.8) is 0 Å². The Morgan fingerprint density at radius 3 is 2.84 bits per heavy atom. The molecule has 0 saturated carbocycles. The van der Waals surface area contributed by atoms with E-state index < -0.39 is 11.4 Å². The molecule has 0 fully saturated rings. The van der Waals surface area contributed by atoms with E-state index in [4.69, 9.17) is 15.0 Å². The molecule has 6 heteroatoms. The summed E-state index contributed by atoms with van der Waals surface area (Å²) in [7, 11) is 0. The maximum atomic E-state index is 13.7. The van der Waals surface area contributed by atoms with Gasteiger partial charge < -0.3 is 15.0 Å². The first kappa shape index (κ1) is 13.5. The number of hydrogen-bond donors (Lipinski definition) is 1. The first-order chi connectivity index (χ1) is 8.94. The van der Waals surface area contributed by atoms with E-state index in [0.717, 1.165) is 0 Å². The van der Waals surface area contributed by atoms with Crippen LogP contribution in [0.2, 0.25) is 0 Å². The standard InChI is InChI=1S/C13H16FN3O2/c1-4-18-13(2,3)12-16-11(19-17-12)9-7-8(15)5-6-10(9)14/h5-7H,4,15H2,1-3H3. The Balaban J connectivity index is 2.38. The highest BCUT2D eigenvalue weighted by atomic mass is 19.1. The Bertz CT molecular complexity index is 581. The predicted molar refractivity (Wildman–Crippen MR) is 68.8 cm³/mol. The smallest absolute Gasteiger partial charge is 0.261 e. The molecule has 0 aliphatic rings. The number of nitrogen functional groups attached to an aromatic ring is 1. The summed E-state index contributed by atoms with van der Waals surface area (Å²) in [6, 6.07) is 4.20. The van der Waals surface area contributed by atoms with Crippen LogP contribution in [0.5, 0.6) is 0 Å². The lowest BCUT2D eigenvalue weighted by atomic mass is 10.1. The summed E-state index contributed by atoms with van der Waals surface area (Å²) >= 11 is 0. The summed E-state index contributed by atoms with van der Waals surface area (Å²) in [6.07, 6.45) is 0. The lowest BCUT2D eigenvalue weighted by molar-refractivity contribution is -0.0221. The molecule has 1 aromatic carbocycles. The molecule has 0 spiro atoms. The summed E-state index contributed by atoms with van der Waals surface area (Å²) < 4.78 is 24.3. The summed E-state index contributed by atoms with van der Waals surface area (Å²) in [5, 5.41) is 3.84. The zero-order valence-corrected chi connectivity index (χ0v) is 11.1. The molecule has 5 nitrogen and oxygen atoms in total. The molecule has 2 N–H and O–H groups in total. The number of ether oxygens (including phenoxy) is 1. The van der Waals surface area contributed by atoms with Gasteiger partial charge >= 0.3 is 0 Å². The van der Waals surface area contributed by atoms with Crippen molar-refractivity contribution in [2.45, 2.75) is 26.4 Å². The van der Waals surface area contributed by atoms with Crippen LogP contribution in [-0.2, 0) is 10.3 Å². The fraction of sp³-hybridized carbons (Fsp3) is 0.385. The number of anilines is 1. The van der Waals surface area contributed by atoms with Crippen LogP contribution in [-0.4, -0.2) is 16.7 Å². The Morgan fingerprint density at radius 2 is 2.16 bits per heavy atom. The minimum absolute atomic E-state index is 0.0904. The van der Waals surface area contributed by atoms with Crippen molar-refractivity contribution in [2.24, 2.45) is 0 Å². The molecular formula is C13H16FN3O2. The van der Waals surface area contributed by atoms with Crippen molar-refractivity contribution in [3.8, 4) is 11.5 Å². The molecule has 2 aromatic rings. The fourth-order valence-electron chi connectivity index (χ4n) is 1.71. The van der Waals surface area contributed by atoms with Gasteiger partial charge in [0.05, 0.1) is 5.56 Å². The van der Waals surface area contributed by atoms with Crippen LogP contribution in [0.25, 0.3) is 11.5 Å². The number of nitrogens with two attached hydrogens (primary N) is 1. The monoisotopic (exact) mass is 265 g/mol. The van der Waals surface area contributed by atoms with Gasteiger partial charge in [-0.1, -0.05) is 5.16 Å². The molecule has 0 aliphatic carbocycles. The third-order valence-corrected chi connectivity index (χ3v) is 2.69. The highest BCUT2D eigenvalue weighted by molar-refractivity contribution is 5.60. The Morgan fingerprint density at radius 1 is 1.42 bits per heavy atom. The number of halogens is 1. The van der Waals surface area contributed by atoms with Crippen molar-refractivity contribution in [1.29, 1.82) is 0 Å². The Labute approximate surface area is 110 Å². The van der Waals surface area contributed by atoms with E-state index in [9.17, 15) is 4.39 Å². The van der Waals surface area contributed by atoms with E-state index in [2.05, 4.69) is 10.1 Å². The second-order valence-corrected chi connectivity index (χ2v) is 4.61. The molecule has 0 radical (unpaired) electrons. The van der Waals surface area contributed by atoms with Crippen LogP contribution in [0, 0.1) is 5.82 Å². The summed E-state index contributed by atoms with van der Waals surface area (Å²) in [4.78, 5) is 4.17. The van der Waals surface area contributed by atoms with Crippen molar-refractivity contribution in [3.05, 3.63) is 29.8 Å². The summed E-state index contributed by atoms with van der Waals surface area (Å²) in [5.41, 5.74) is 5.55. The summed E-state index contributed by atoms with van der Waals surface area (Å²) in [5.74, 6) is -0.00244. The van der Waals surface area contributed by atoms with Gasteiger partial charge in [-0.3, -0.25) is 0 Å². The molecule has 0 aliphatic heterocycles. The van der Waals surface area contributed by atoms with Crippen LogP contribution in [0.4, 0.5) is 10.1 Å². The Hall–Kier alpha value is -1.95. The summed E-state index contributed by atoms with van der Waals surface area (Å²) in [6.45, 7) is 6.03. The van der Waals surface area contributed by atoms with E-state index in [1.165, 1.54) is 18.2 Å². The first-order valence-corrected chi connectivity index (χ1v) is 5.97.